The highest BCUT2D eigenvalue weighted by molar-refractivity contribution is 7.99. The lowest BCUT2D eigenvalue weighted by Gasteiger charge is -2.07. The van der Waals surface area contributed by atoms with Crippen molar-refractivity contribution in [2.75, 3.05) is 16.8 Å². The number of benzene rings is 1. The fourth-order valence-electron chi connectivity index (χ4n) is 1.35. The summed E-state index contributed by atoms with van der Waals surface area (Å²) in [6, 6.07) is 5.59. The van der Waals surface area contributed by atoms with Crippen LogP contribution in [-0.4, -0.2) is 11.7 Å². The van der Waals surface area contributed by atoms with Gasteiger partial charge in [-0.1, -0.05) is 13.0 Å². The van der Waals surface area contributed by atoms with Crippen LogP contribution in [0.25, 0.3) is 0 Å². The number of carbonyl (C=O) groups excluding carboxylic acids is 1. The second-order valence-corrected chi connectivity index (χ2v) is 4.46. The molecule has 14 heavy (non-hydrogen) atoms. The second kappa shape index (κ2) is 3.53. The average Bonchev–Trinajstić information content (AvgIpc) is 2.29. The Morgan fingerprint density at radius 2 is 2.36 bits per heavy atom. The average molecular weight is 208 g/mol. The summed E-state index contributed by atoms with van der Waals surface area (Å²) < 4.78 is 0. The Kier molecular flexibility index (Phi) is 2.37. The molecule has 3 N–H and O–H groups in total. The standard InChI is InChI=1S/C10H12N2OS/c1-6-5-14-9-7(11)3-2-4-8(9)12-10(6)13/h2-4,6H,5,11H2,1H3,(H,12,13). The molecule has 2 rings (SSSR count). The van der Waals surface area contributed by atoms with Crippen molar-refractivity contribution >= 4 is 29.0 Å². The van der Waals surface area contributed by atoms with Gasteiger partial charge in [-0.05, 0) is 12.1 Å². The third kappa shape index (κ3) is 1.57. The van der Waals surface area contributed by atoms with Gasteiger partial charge >= 0.3 is 0 Å². The summed E-state index contributed by atoms with van der Waals surface area (Å²) in [5.74, 6) is 0.890. The largest absolute Gasteiger partial charge is 0.398 e. The molecule has 0 aliphatic carbocycles. The van der Waals surface area contributed by atoms with Gasteiger partial charge in [0.1, 0.15) is 0 Å². The Balaban J connectivity index is 2.42. The van der Waals surface area contributed by atoms with E-state index >= 15 is 0 Å². The van der Waals surface area contributed by atoms with Gasteiger partial charge in [-0.15, -0.1) is 11.8 Å². The van der Waals surface area contributed by atoms with Crippen LogP contribution in [-0.2, 0) is 4.79 Å². The SMILES string of the molecule is CC1CSc2c(N)cccc2NC1=O. The van der Waals surface area contributed by atoms with E-state index in [4.69, 9.17) is 5.73 Å². The molecule has 1 aromatic rings. The number of anilines is 2. The van der Waals surface area contributed by atoms with Crippen molar-refractivity contribution in [2.45, 2.75) is 11.8 Å². The first-order valence-corrected chi connectivity index (χ1v) is 5.49. The molecule has 74 valence electrons. The molecule has 1 aliphatic heterocycles. The number of thioether (sulfide) groups is 1. The third-order valence-corrected chi connectivity index (χ3v) is 3.64. The lowest BCUT2D eigenvalue weighted by Crippen LogP contribution is -2.20. The normalized spacial score (nSPS) is 20.9. The van der Waals surface area contributed by atoms with Gasteiger partial charge in [0.2, 0.25) is 5.91 Å². The van der Waals surface area contributed by atoms with E-state index in [0.29, 0.717) is 0 Å². The molecule has 1 unspecified atom stereocenters. The third-order valence-electron chi connectivity index (χ3n) is 2.23. The Hall–Kier alpha value is -1.16. The number of carbonyl (C=O) groups is 1. The highest BCUT2D eigenvalue weighted by Gasteiger charge is 2.20. The van der Waals surface area contributed by atoms with Gasteiger partial charge in [0.25, 0.3) is 0 Å². The van der Waals surface area contributed by atoms with Gasteiger partial charge in [0.15, 0.2) is 0 Å². The van der Waals surface area contributed by atoms with Crippen molar-refractivity contribution in [3.05, 3.63) is 18.2 Å². The molecule has 4 heteroatoms. The molecule has 0 radical (unpaired) electrons. The van der Waals surface area contributed by atoms with Gasteiger partial charge in [-0.2, -0.15) is 0 Å². The van der Waals surface area contributed by atoms with E-state index < -0.39 is 0 Å². The number of amides is 1. The van der Waals surface area contributed by atoms with Crippen LogP contribution >= 0.6 is 11.8 Å². The molecule has 0 fully saturated rings. The molecule has 1 atom stereocenters. The molecule has 1 heterocycles. The maximum absolute atomic E-state index is 11.5. The molecule has 3 nitrogen and oxygen atoms in total. The minimum absolute atomic E-state index is 0.0341. The van der Waals surface area contributed by atoms with E-state index in [2.05, 4.69) is 5.32 Å². The van der Waals surface area contributed by atoms with Crippen LogP contribution in [0.3, 0.4) is 0 Å². The zero-order chi connectivity index (χ0) is 10.1. The summed E-state index contributed by atoms with van der Waals surface area (Å²) in [4.78, 5) is 12.5. The highest BCUT2D eigenvalue weighted by atomic mass is 32.2. The summed E-state index contributed by atoms with van der Waals surface area (Å²) in [5, 5.41) is 2.87. The van der Waals surface area contributed by atoms with E-state index in [9.17, 15) is 4.79 Å². The number of nitrogens with one attached hydrogen (secondary N) is 1. The van der Waals surface area contributed by atoms with Crippen molar-refractivity contribution in [3.63, 3.8) is 0 Å². The maximum atomic E-state index is 11.5. The van der Waals surface area contributed by atoms with Crippen molar-refractivity contribution < 1.29 is 4.79 Å². The van der Waals surface area contributed by atoms with E-state index in [1.807, 2.05) is 25.1 Å². The predicted octanol–water partition coefficient (Wildman–Crippen LogP) is 1.95. The number of nitrogens with two attached hydrogens (primary N) is 1. The van der Waals surface area contributed by atoms with Gasteiger partial charge < -0.3 is 11.1 Å². The monoisotopic (exact) mass is 208 g/mol. The van der Waals surface area contributed by atoms with Gasteiger partial charge in [0.05, 0.1) is 10.6 Å². The zero-order valence-corrected chi connectivity index (χ0v) is 8.73. The molecule has 0 bridgehead atoms. The molecular weight excluding hydrogens is 196 g/mol. The van der Waals surface area contributed by atoms with Crippen LogP contribution in [0, 0.1) is 5.92 Å². The van der Waals surface area contributed by atoms with Crippen LogP contribution in [0.15, 0.2) is 23.1 Å². The highest BCUT2D eigenvalue weighted by Crippen LogP contribution is 2.36. The summed E-state index contributed by atoms with van der Waals surface area (Å²) in [6.45, 7) is 1.92. The first kappa shape index (κ1) is 9.40. The number of hydrogen-bond acceptors (Lipinski definition) is 3. The Labute approximate surface area is 87.1 Å². The fraction of sp³-hybridized carbons (Fsp3) is 0.300. The minimum Gasteiger partial charge on any atom is -0.398 e. The Morgan fingerprint density at radius 1 is 1.57 bits per heavy atom. The lowest BCUT2D eigenvalue weighted by molar-refractivity contribution is -0.118. The van der Waals surface area contributed by atoms with E-state index in [0.717, 1.165) is 22.0 Å². The van der Waals surface area contributed by atoms with Crippen LogP contribution in [0.2, 0.25) is 0 Å². The quantitative estimate of drug-likeness (QED) is 0.641. The molecule has 0 saturated heterocycles. The van der Waals surface area contributed by atoms with Crippen molar-refractivity contribution in [1.29, 1.82) is 0 Å². The molecule has 1 aliphatic rings. The second-order valence-electron chi connectivity index (χ2n) is 3.43. The van der Waals surface area contributed by atoms with Crippen LogP contribution < -0.4 is 11.1 Å². The number of fused-ring (bicyclic) bond motifs is 1. The zero-order valence-electron chi connectivity index (χ0n) is 7.91. The molecule has 1 amide bonds. The van der Waals surface area contributed by atoms with Crippen molar-refractivity contribution in [1.82, 2.24) is 0 Å². The molecule has 0 spiro atoms. The smallest absolute Gasteiger partial charge is 0.228 e. The first-order chi connectivity index (χ1) is 6.68. The topological polar surface area (TPSA) is 55.1 Å². The number of rotatable bonds is 0. The van der Waals surface area contributed by atoms with Crippen molar-refractivity contribution in [2.24, 2.45) is 5.92 Å². The fourth-order valence-corrected chi connectivity index (χ4v) is 2.43. The Morgan fingerprint density at radius 3 is 3.14 bits per heavy atom. The Bertz CT molecular complexity index is 378. The minimum atomic E-state index is 0.0341. The predicted molar refractivity (Wildman–Crippen MR) is 59.4 cm³/mol. The van der Waals surface area contributed by atoms with E-state index in [1.54, 1.807) is 11.8 Å². The molecule has 1 aromatic carbocycles. The molecule has 0 aromatic heterocycles. The van der Waals surface area contributed by atoms with Crippen LogP contribution in [0.5, 0.6) is 0 Å². The van der Waals surface area contributed by atoms with E-state index in [1.165, 1.54) is 0 Å². The van der Waals surface area contributed by atoms with Crippen molar-refractivity contribution in [3.8, 4) is 0 Å². The maximum Gasteiger partial charge on any atom is 0.228 e. The number of hydrogen-bond donors (Lipinski definition) is 2. The van der Waals surface area contributed by atoms with E-state index in [-0.39, 0.29) is 11.8 Å². The first-order valence-electron chi connectivity index (χ1n) is 4.50. The van der Waals surface area contributed by atoms with Crippen LogP contribution in [0.1, 0.15) is 6.92 Å². The summed E-state index contributed by atoms with van der Waals surface area (Å²) in [5.41, 5.74) is 7.40. The summed E-state index contributed by atoms with van der Waals surface area (Å²) in [6.07, 6.45) is 0. The molecule has 0 saturated carbocycles. The van der Waals surface area contributed by atoms with Gasteiger partial charge in [-0.25, -0.2) is 0 Å². The summed E-state index contributed by atoms with van der Waals surface area (Å²) in [7, 11) is 0. The van der Waals surface area contributed by atoms with Gasteiger partial charge in [-0.3, -0.25) is 4.79 Å². The summed E-state index contributed by atoms with van der Waals surface area (Å²) >= 11 is 1.64. The number of nitrogen functional groups attached to an aromatic ring is 1. The van der Waals surface area contributed by atoms with Crippen LogP contribution in [0.4, 0.5) is 11.4 Å². The molecular formula is C10H12N2OS. The lowest BCUT2D eigenvalue weighted by atomic mass is 10.2. The van der Waals surface area contributed by atoms with Gasteiger partial charge in [0, 0.05) is 17.4 Å².